The van der Waals surface area contributed by atoms with E-state index >= 15 is 0 Å². The van der Waals surface area contributed by atoms with Gasteiger partial charge in [-0.1, -0.05) is 30.3 Å². The molecule has 0 aliphatic heterocycles. The lowest BCUT2D eigenvalue weighted by atomic mass is 10.2. The normalized spacial score (nSPS) is 10.7. The van der Waals surface area contributed by atoms with Crippen molar-refractivity contribution < 1.29 is 9.90 Å². The fraction of sp³-hybridized carbons (Fsp3) is 0. The number of nitrogens with two attached hydrogens (primary N) is 1. The first-order valence-corrected chi connectivity index (χ1v) is 5.74. The Morgan fingerprint density at radius 2 is 1.89 bits per heavy atom. The van der Waals surface area contributed by atoms with E-state index in [1.807, 2.05) is 30.3 Å². The summed E-state index contributed by atoms with van der Waals surface area (Å²) in [5, 5.41) is 9.24. The van der Waals surface area contributed by atoms with E-state index in [0.29, 0.717) is 17.0 Å². The number of imidazole rings is 1. The molecule has 3 rings (SSSR count). The van der Waals surface area contributed by atoms with E-state index in [-0.39, 0.29) is 5.69 Å². The fourth-order valence-corrected chi connectivity index (χ4v) is 2.11. The van der Waals surface area contributed by atoms with Gasteiger partial charge in [0.25, 0.3) is 0 Å². The van der Waals surface area contributed by atoms with E-state index in [9.17, 15) is 9.90 Å². The smallest absolute Gasteiger partial charge is 0.356 e. The quantitative estimate of drug-likeness (QED) is 0.734. The maximum Gasteiger partial charge on any atom is 0.356 e. The van der Waals surface area contributed by atoms with Gasteiger partial charge in [-0.3, -0.25) is 4.40 Å². The van der Waals surface area contributed by atoms with Gasteiger partial charge in [0.05, 0.1) is 5.69 Å². The first-order valence-electron chi connectivity index (χ1n) is 5.74. The summed E-state index contributed by atoms with van der Waals surface area (Å²) in [5.74, 6) is -0.516. The van der Waals surface area contributed by atoms with Crippen LogP contribution in [0, 0.1) is 0 Å². The minimum atomic E-state index is -1.09. The van der Waals surface area contributed by atoms with E-state index < -0.39 is 5.97 Å². The monoisotopic (exact) mass is 253 g/mol. The summed E-state index contributed by atoms with van der Waals surface area (Å²) in [6.07, 6.45) is 1.76. The van der Waals surface area contributed by atoms with Crippen molar-refractivity contribution in [2.75, 3.05) is 5.73 Å². The third kappa shape index (κ3) is 1.72. The molecule has 0 spiro atoms. The minimum absolute atomic E-state index is 0.0306. The van der Waals surface area contributed by atoms with Crippen molar-refractivity contribution in [2.45, 2.75) is 0 Å². The van der Waals surface area contributed by atoms with Crippen LogP contribution in [0.5, 0.6) is 0 Å². The van der Waals surface area contributed by atoms with Crippen LogP contribution in [-0.4, -0.2) is 20.5 Å². The molecule has 2 aromatic heterocycles. The lowest BCUT2D eigenvalue weighted by Crippen LogP contribution is -2.00. The Morgan fingerprint density at radius 3 is 2.58 bits per heavy atom. The summed E-state index contributed by atoms with van der Waals surface area (Å²) >= 11 is 0. The van der Waals surface area contributed by atoms with Crippen LogP contribution >= 0.6 is 0 Å². The van der Waals surface area contributed by atoms with Gasteiger partial charge in [0.2, 0.25) is 0 Å². The molecule has 94 valence electrons. The highest BCUT2D eigenvalue weighted by Crippen LogP contribution is 2.26. The van der Waals surface area contributed by atoms with Crippen LogP contribution in [0.15, 0.2) is 48.7 Å². The van der Waals surface area contributed by atoms with Crippen molar-refractivity contribution in [3.05, 3.63) is 54.4 Å². The first kappa shape index (κ1) is 11.3. The Labute approximate surface area is 108 Å². The van der Waals surface area contributed by atoms with Crippen LogP contribution in [0.3, 0.4) is 0 Å². The molecule has 2 heterocycles. The number of anilines is 1. The maximum absolute atomic E-state index is 11.3. The summed E-state index contributed by atoms with van der Waals surface area (Å²) < 4.78 is 1.70. The maximum atomic E-state index is 11.3. The van der Waals surface area contributed by atoms with Crippen molar-refractivity contribution in [3.63, 3.8) is 0 Å². The Balaban J connectivity index is 2.39. The zero-order chi connectivity index (χ0) is 13.4. The van der Waals surface area contributed by atoms with Gasteiger partial charge in [0.1, 0.15) is 11.3 Å². The third-order valence-electron chi connectivity index (χ3n) is 2.93. The van der Waals surface area contributed by atoms with Crippen LogP contribution in [0.2, 0.25) is 0 Å². The molecule has 5 nitrogen and oxygen atoms in total. The predicted molar refractivity (Wildman–Crippen MR) is 72.0 cm³/mol. The molecule has 0 aliphatic rings. The molecule has 0 saturated heterocycles. The molecule has 0 amide bonds. The number of carboxylic acids is 1. The van der Waals surface area contributed by atoms with E-state index in [4.69, 9.17) is 5.73 Å². The van der Waals surface area contributed by atoms with Gasteiger partial charge in [-0.15, -0.1) is 0 Å². The Hall–Kier alpha value is -2.82. The average Bonchev–Trinajstić information content (AvgIpc) is 2.81. The van der Waals surface area contributed by atoms with Crippen LogP contribution in [0.4, 0.5) is 5.69 Å². The number of hydrogen-bond donors (Lipinski definition) is 2. The topological polar surface area (TPSA) is 80.6 Å². The van der Waals surface area contributed by atoms with E-state index in [2.05, 4.69) is 4.98 Å². The van der Waals surface area contributed by atoms with Crippen molar-refractivity contribution in [3.8, 4) is 11.4 Å². The van der Waals surface area contributed by atoms with Crippen LogP contribution in [-0.2, 0) is 0 Å². The number of fused-ring (bicyclic) bond motifs is 1. The summed E-state index contributed by atoms with van der Waals surface area (Å²) in [6.45, 7) is 0. The first-order chi connectivity index (χ1) is 9.18. The van der Waals surface area contributed by atoms with Gasteiger partial charge in [-0.25, -0.2) is 9.78 Å². The molecule has 0 fully saturated rings. The van der Waals surface area contributed by atoms with Crippen molar-refractivity contribution in [2.24, 2.45) is 0 Å². The number of rotatable bonds is 2. The second kappa shape index (κ2) is 4.13. The number of carbonyl (C=O) groups is 1. The third-order valence-corrected chi connectivity index (χ3v) is 2.93. The molecule has 0 saturated carbocycles. The molecule has 19 heavy (non-hydrogen) atoms. The van der Waals surface area contributed by atoms with Gasteiger partial charge in [0.15, 0.2) is 5.69 Å². The number of benzene rings is 1. The molecule has 0 aliphatic carbocycles. The number of aromatic nitrogens is 2. The number of carboxylic acid groups (broad SMARTS) is 1. The van der Waals surface area contributed by atoms with E-state index in [1.165, 1.54) is 0 Å². The molecule has 0 atom stereocenters. The molecule has 3 N–H and O–H groups in total. The van der Waals surface area contributed by atoms with Gasteiger partial charge >= 0.3 is 5.97 Å². The molecule has 0 unspecified atom stereocenters. The van der Waals surface area contributed by atoms with E-state index in [1.54, 1.807) is 22.7 Å². The van der Waals surface area contributed by atoms with Crippen LogP contribution in [0.25, 0.3) is 16.9 Å². The summed E-state index contributed by atoms with van der Waals surface area (Å²) in [4.78, 5) is 15.5. The molecular formula is C14H11N3O2. The summed E-state index contributed by atoms with van der Waals surface area (Å²) in [5.41, 5.74) is 7.50. The molecule has 0 radical (unpaired) electrons. The Bertz CT molecular complexity index is 763. The number of nitrogen functional groups attached to an aromatic ring is 1. The van der Waals surface area contributed by atoms with Crippen molar-refractivity contribution >= 4 is 17.2 Å². The number of pyridine rings is 1. The molecule has 3 aromatic rings. The SMILES string of the molecule is Nc1cccn2c(-c3ccccc3)nc(C(=O)O)c12. The lowest BCUT2D eigenvalue weighted by molar-refractivity contribution is 0.0693. The molecular weight excluding hydrogens is 242 g/mol. The van der Waals surface area contributed by atoms with Gasteiger partial charge in [-0.2, -0.15) is 0 Å². The zero-order valence-electron chi connectivity index (χ0n) is 9.95. The highest BCUT2D eigenvalue weighted by molar-refractivity contribution is 5.98. The van der Waals surface area contributed by atoms with Gasteiger partial charge < -0.3 is 10.8 Å². The van der Waals surface area contributed by atoms with E-state index in [0.717, 1.165) is 5.56 Å². The second-order valence-electron chi connectivity index (χ2n) is 4.14. The van der Waals surface area contributed by atoms with Crippen LogP contribution in [0.1, 0.15) is 10.5 Å². The second-order valence-corrected chi connectivity index (χ2v) is 4.14. The van der Waals surface area contributed by atoms with Gasteiger partial charge in [-0.05, 0) is 12.1 Å². The van der Waals surface area contributed by atoms with Crippen molar-refractivity contribution in [1.29, 1.82) is 0 Å². The zero-order valence-corrected chi connectivity index (χ0v) is 9.95. The van der Waals surface area contributed by atoms with Crippen molar-refractivity contribution in [1.82, 2.24) is 9.38 Å². The molecule has 0 bridgehead atoms. The summed E-state index contributed by atoms with van der Waals surface area (Å²) in [6, 6.07) is 12.8. The Kier molecular flexibility index (Phi) is 2.45. The Morgan fingerprint density at radius 1 is 1.16 bits per heavy atom. The lowest BCUT2D eigenvalue weighted by Gasteiger charge is -2.02. The predicted octanol–water partition coefficient (Wildman–Crippen LogP) is 2.28. The molecule has 5 heteroatoms. The highest BCUT2D eigenvalue weighted by Gasteiger charge is 2.19. The van der Waals surface area contributed by atoms with Gasteiger partial charge in [0, 0.05) is 11.8 Å². The largest absolute Gasteiger partial charge is 0.476 e. The number of aromatic carboxylic acids is 1. The highest BCUT2D eigenvalue weighted by atomic mass is 16.4. The summed E-state index contributed by atoms with van der Waals surface area (Å²) in [7, 11) is 0. The number of nitrogens with zero attached hydrogens (tertiary/aromatic N) is 2. The standard InChI is InChI=1S/C14H11N3O2/c15-10-7-4-8-17-12(10)11(14(18)19)16-13(17)9-5-2-1-3-6-9/h1-8H,15H2,(H,18,19). The average molecular weight is 253 g/mol. The van der Waals surface area contributed by atoms with Crippen LogP contribution < -0.4 is 5.73 Å². The molecule has 1 aromatic carbocycles. The minimum Gasteiger partial charge on any atom is -0.476 e. The number of hydrogen-bond acceptors (Lipinski definition) is 3. The fourth-order valence-electron chi connectivity index (χ4n) is 2.11.